The first-order chi connectivity index (χ1) is 15.6. The van der Waals surface area contributed by atoms with Crippen molar-refractivity contribution >= 4 is 23.2 Å². The normalized spacial score (nSPS) is 15.1. The lowest BCUT2D eigenvalue weighted by Gasteiger charge is -2.32. The summed E-state index contributed by atoms with van der Waals surface area (Å²) in [6, 6.07) is 19.5. The van der Waals surface area contributed by atoms with Gasteiger partial charge in [-0.05, 0) is 66.8 Å². The largest absolute Gasteiger partial charge is 0.366 e. The lowest BCUT2D eigenvalue weighted by atomic mass is 9.98. The molecule has 5 nitrogen and oxygen atoms in total. The van der Waals surface area contributed by atoms with E-state index in [2.05, 4.69) is 33.7 Å². The fourth-order valence-corrected chi connectivity index (χ4v) is 4.10. The SMILES string of the molecule is O=C(Nc1ccc(N2CCc3ccccc3C2)c(C(=O)NC2CC2)c1)c1cccc(F)c1. The van der Waals surface area contributed by atoms with Gasteiger partial charge in [0.15, 0.2) is 0 Å². The molecule has 1 saturated carbocycles. The van der Waals surface area contributed by atoms with Crippen LogP contribution in [0.4, 0.5) is 15.8 Å². The minimum atomic E-state index is -0.470. The van der Waals surface area contributed by atoms with E-state index < -0.39 is 11.7 Å². The number of rotatable bonds is 5. The van der Waals surface area contributed by atoms with Crippen LogP contribution in [0, 0.1) is 5.82 Å². The van der Waals surface area contributed by atoms with Gasteiger partial charge >= 0.3 is 0 Å². The first-order valence-corrected chi connectivity index (χ1v) is 10.9. The van der Waals surface area contributed by atoms with Crippen molar-refractivity contribution in [3.05, 3.63) is 94.8 Å². The second kappa shape index (κ2) is 8.46. The molecule has 1 aliphatic carbocycles. The smallest absolute Gasteiger partial charge is 0.255 e. The Balaban J connectivity index is 1.43. The topological polar surface area (TPSA) is 61.4 Å². The molecule has 6 heteroatoms. The fourth-order valence-electron chi connectivity index (χ4n) is 4.10. The Morgan fingerprint density at radius 3 is 2.50 bits per heavy atom. The summed E-state index contributed by atoms with van der Waals surface area (Å²) in [5, 5.41) is 5.85. The van der Waals surface area contributed by atoms with Gasteiger partial charge in [0.1, 0.15) is 5.82 Å². The highest BCUT2D eigenvalue weighted by atomic mass is 19.1. The molecule has 0 saturated heterocycles. The monoisotopic (exact) mass is 429 g/mol. The molecule has 32 heavy (non-hydrogen) atoms. The second-order valence-corrected chi connectivity index (χ2v) is 8.38. The van der Waals surface area contributed by atoms with Gasteiger partial charge in [0.25, 0.3) is 11.8 Å². The third-order valence-electron chi connectivity index (χ3n) is 5.97. The summed E-state index contributed by atoms with van der Waals surface area (Å²) in [4.78, 5) is 27.8. The fraction of sp³-hybridized carbons (Fsp3) is 0.231. The predicted molar refractivity (Wildman–Crippen MR) is 122 cm³/mol. The maximum absolute atomic E-state index is 13.5. The minimum absolute atomic E-state index is 0.136. The summed E-state index contributed by atoms with van der Waals surface area (Å²) in [6.07, 6.45) is 2.90. The molecule has 3 aromatic rings. The third kappa shape index (κ3) is 4.35. The van der Waals surface area contributed by atoms with Crippen molar-refractivity contribution in [2.75, 3.05) is 16.8 Å². The van der Waals surface area contributed by atoms with E-state index >= 15 is 0 Å². The predicted octanol–water partition coefficient (Wildman–Crippen LogP) is 4.53. The maximum atomic E-state index is 13.5. The number of halogens is 1. The van der Waals surface area contributed by atoms with Gasteiger partial charge in [-0.25, -0.2) is 4.39 Å². The number of hydrogen-bond acceptors (Lipinski definition) is 3. The minimum Gasteiger partial charge on any atom is -0.366 e. The summed E-state index contributed by atoms with van der Waals surface area (Å²) in [7, 11) is 0. The van der Waals surface area contributed by atoms with Crippen molar-refractivity contribution < 1.29 is 14.0 Å². The molecule has 0 spiro atoms. The zero-order valence-electron chi connectivity index (χ0n) is 17.6. The molecule has 0 atom stereocenters. The van der Waals surface area contributed by atoms with E-state index in [0.29, 0.717) is 11.3 Å². The lowest BCUT2D eigenvalue weighted by Crippen LogP contribution is -2.33. The number of carbonyl (C=O) groups excluding carboxylic acids is 2. The van der Waals surface area contributed by atoms with Gasteiger partial charge in [-0.15, -0.1) is 0 Å². The molecule has 1 heterocycles. The molecule has 1 fully saturated rings. The lowest BCUT2D eigenvalue weighted by molar-refractivity contribution is 0.0950. The molecule has 0 aromatic heterocycles. The molecular formula is C26H24FN3O2. The summed E-state index contributed by atoms with van der Waals surface area (Å²) in [5.41, 5.74) is 4.71. The van der Waals surface area contributed by atoms with Crippen molar-refractivity contribution in [2.45, 2.75) is 31.8 Å². The van der Waals surface area contributed by atoms with E-state index in [-0.39, 0.29) is 17.5 Å². The van der Waals surface area contributed by atoms with Gasteiger partial charge in [0.2, 0.25) is 0 Å². The van der Waals surface area contributed by atoms with Crippen LogP contribution < -0.4 is 15.5 Å². The highest BCUT2D eigenvalue weighted by molar-refractivity contribution is 6.06. The Bertz CT molecular complexity index is 1190. The molecule has 0 unspecified atom stereocenters. The molecule has 2 amide bonds. The number of amides is 2. The van der Waals surface area contributed by atoms with Crippen LogP contribution in [-0.2, 0) is 13.0 Å². The van der Waals surface area contributed by atoms with Crippen LogP contribution in [0.5, 0.6) is 0 Å². The van der Waals surface area contributed by atoms with Gasteiger partial charge in [0, 0.05) is 36.1 Å². The van der Waals surface area contributed by atoms with Gasteiger partial charge in [-0.2, -0.15) is 0 Å². The molecule has 1 aliphatic heterocycles. The van der Waals surface area contributed by atoms with Crippen molar-refractivity contribution in [1.29, 1.82) is 0 Å². The summed E-state index contributed by atoms with van der Waals surface area (Å²) >= 11 is 0. The summed E-state index contributed by atoms with van der Waals surface area (Å²) in [6.45, 7) is 1.55. The number of nitrogens with one attached hydrogen (secondary N) is 2. The Hall–Kier alpha value is -3.67. The van der Waals surface area contributed by atoms with Crippen LogP contribution >= 0.6 is 0 Å². The number of fused-ring (bicyclic) bond motifs is 1. The van der Waals surface area contributed by atoms with Crippen molar-refractivity contribution in [3.8, 4) is 0 Å². The van der Waals surface area contributed by atoms with E-state index in [0.717, 1.165) is 38.0 Å². The van der Waals surface area contributed by atoms with E-state index in [4.69, 9.17) is 0 Å². The Morgan fingerprint density at radius 2 is 1.72 bits per heavy atom. The number of benzene rings is 3. The molecule has 0 bridgehead atoms. The standard InChI is InChI=1S/C26H24FN3O2/c27-20-7-3-6-18(14-20)25(31)29-22-10-11-24(23(15-22)26(32)28-21-8-9-21)30-13-12-17-4-1-2-5-19(17)16-30/h1-7,10-11,14-15,21H,8-9,12-13,16H2,(H,28,32)(H,29,31). The van der Waals surface area contributed by atoms with Crippen LogP contribution in [0.25, 0.3) is 0 Å². The highest BCUT2D eigenvalue weighted by Gasteiger charge is 2.27. The van der Waals surface area contributed by atoms with Gasteiger partial charge in [-0.3, -0.25) is 9.59 Å². The third-order valence-corrected chi connectivity index (χ3v) is 5.97. The van der Waals surface area contributed by atoms with Crippen molar-refractivity contribution in [1.82, 2.24) is 5.32 Å². The molecule has 0 radical (unpaired) electrons. The number of hydrogen-bond donors (Lipinski definition) is 2. The Morgan fingerprint density at radius 1 is 0.906 bits per heavy atom. The summed E-state index contributed by atoms with van der Waals surface area (Å²) < 4.78 is 13.5. The first-order valence-electron chi connectivity index (χ1n) is 10.9. The molecule has 3 aromatic carbocycles. The Kier molecular flexibility index (Phi) is 5.35. The van der Waals surface area contributed by atoms with Crippen molar-refractivity contribution in [2.24, 2.45) is 0 Å². The molecule has 2 aliphatic rings. The van der Waals surface area contributed by atoms with Crippen LogP contribution in [0.2, 0.25) is 0 Å². The highest BCUT2D eigenvalue weighted by Crippen LogP contribution is 2.30. The average Bonchev–Trinajstić information content (AvgIpc) is 3.62. The maximum Gasteiger partial charge on any atom is 0.255 e. The molecule has 5 rings (SSSR count). The van der Waals surface area contributed by atoms with Gasteiger partial charge in [-0.1, -0.05) is 30.3 Å². The van der Waals surface area contributed by atoms with E-state index in [9.17, 15) is 14.0 Å². The van der Waals surface area contributed by atoms with Crippen LogP contribution in [0.15, 0.2) is 66.7 Å². The number of anilines is 2. The first kappa shape index (κ1) is 20.2. The van der Waals surface area contributed by atoms with Crippen LogP contribution in [-0.4, -0.2) is 24.4 Å². The summed E-state index contributed by atoms with van der Waals surface area (Å²) in [5.74, 6) is -1.02. The van der Waals surface area contributed by atoms with Crippen LogP contribution in [0.3, 0.4) is 0 Å². The number of carbonyl (C=O) groups is 2. The average molecular weight is 429 g/mol. The molecule has 162 valence electrons. The van der Waals surface area contributed by atoms with Gasteiger partial charge < -0.3 is 15.5 Å². The molecule has 2 N–H and O–H groups in total. The van der Waals surface area contributed by atoms with E-state index in [1.165, 1.54) is 29.3 Å². The van der Waals surface area contributed by atoms with Crippen molar-refractivity contribution in [3.63, 3.8) is 0 Å². The van der Waals surface area contributed by atoms with E-state index in [1.54, 1.807) is 18.2 Å². The van der Waals surface area contributed by atoms with Crippen LogP contribution in [0.1, 0.15) is 44.7 Å². The van der Waals surface area contributed by atoms with E-state index in [1.807, 2.05) is 12.1 Å². The second-order valence-electron chi connectivity index (χ2n) is 8.38. The number of nitrogens with zero attached hydrogens (tertiary/aromatic N) is 1. The zero-order valence-corrected chi connectivity index (χ0v) is 17.6. The quantitative estimate of drug-likeness (QED) is 0.626. The zero-order chi connectivity index (χ0) is 22.1. The Labute approximate surface area is 186 Å². The molecular weight excluding hydrogens is 405 g/mol. The van der Waals surface area contributed by atoms with Gasteiger partial charge in [0.05, 0.1) is 5.56 Å².